The molecule has 1 aromatic rings. The summed E-state index contributed by atoms with van der Waals surface area (Å²) in [5.74, 6) is -0.473. The first kappa shape index (κ1) is 9.02. The third-order valence-electron chi connectivity index (χ3n) is 1.75. The lowest BCUT2D eigenvalue weighted by molar-refractivity contribution is 0.613. The molecule has 0 atom stereocenters. The highest BCUT2D eigenvalue weighted by Crippen LogP contribution is 2.23. The molecule has 0 N–H and O–H groups in total. The summed E-state index contributed by atoms with van der Waals surface area (Å²) in [6.07, 6.45) is 0. The van der Waals surface area contributed by atoms with Crippen molar-refractivity contribution in [2.24, 2.45) is 0 Å². The molecule has 0 radical (unpaired) electrons. The van der Waals surface area contributed by atoms with Gasteiger partial charge in [-0.1, -0.05) is 11.6 Å². The first-order chi connectivity index (χ1) is 5.57. The molecule has 0 fully saturated rings. The molecule has 1 nitrogen and oxygen atoms in total. The standard InChI is InChI=1S/C9H7ClFN/c1-5-3-8(10)6(2)7(4-12)9(5)11/h3H,1-2H3. The molecule has 0 aliphatic heterocycles. The second-order valence-electron chi connectivity index (χ2n) is 2.60. The summed E-state index contributed by atoms with van der Waals surface area (Å²) in [5.41, 5.74) is 0.949. The lowest BCUT2D eigenvalue weighted by atomic mass is 10.1. The molecular formula is C9H7ClFN. The van der Waals surface area contributed by atoms with E-state index in [1.54, 1.807) is 19.9 Å². The minimum absolute atomic E-state index is 0.0417. The predicted octanol–water partition coefficient (Wildman–Crippen LogP) is 2.97. The van der Waals surface area contributed by atoms with Crippen LogP contribution in [0.3, 0.4) is 0 Å². The molecule has 12 heavy (non-hydrogen) atoms. The van der Waals surface area contributed by atoms with Crippen molar-refractivity contribution in [3.63, 3.8) is 0 Å². The van der Waals surface area contributed by atoms with Crippen LogP contribution in [0.5, 0.6) is 0 Å². The molecule has 0 saturated heterocycles. The van der Waals surface area contributed by atoms with Crippen molar-refractivity contribution in [3.8, 4) is 6.07 Å². The number of aryl methyl sites for hydroxylation is 1. The molecule has 62 valence electrons. The van der Waals surface area contributed by atoms with Gasteiger partial charge >= 0.3 is 0 Å². The van der Waals surface area contributed by atoms with Gasteiger partial charge in [0.15, 0.2) is 0 Å². The van der Waals surface area contributed by atoms with Crippen LogP contribution in [0.2, 0.25) is 5.02 Å². The van der Waals surface area contributed by atoms with E-state index < -0.39 is 5.82 Å². The van der Waals surface area contributed by atoms with Gasteiger partial charge in [0.2, 0.25) is 0 Å². The molecule has 0 spiro atoms. The summed E-state index contributed by atoms with van der Waals surface area (Å²) in [7, 11) is 0. The smallest absolute Gasteiger partial charge is 0.144 e. The van der Waals surface area contributed by atoms with Crippen LogP contribution in [-0.4, -0.2) is 0 Å². The Balaban J connectivity index is 3.56. The molecule has 0 saturated carbocycles. The van der Waals surface area contributed by atoms with Gasteiger partial charge in [-0.3, -0.25) is 0 Å². The monoisotopic (exact) mass is 183 g/mol. The lowest BCUT2D eigenvalue weighted by Gasteiger charge is -2.04. The highest BCUT2D eigenvalue weighted by molar-refractivity contribution is 6.31. The zero-order chi connectivity index (χ0) is 9.30. The third kappa shape index (κ3) is 1.28. The van der Waals surface area contributed by atoms with Gasteiger partial charge in [-0.2, -0.15) is 5.26 Å². The SMILES string of the molecule is Cc1cc(Cl)c(C)c(C#N)c1F. The van der Waals surface area contributed by atoms with Crippen LogP contribution in [0, 0.1) is 31.0 Å². The Morgan fingerprint density at radius 3 is 2.58 bits per heavy atom. The molecule has 1 rings (SSSR count). The Labute approximate surface area is 75.4 Å². The van der Waals surface area contributed by atoms with Crippen LogP contribution in [-0.2, 0) is 0 Å². The quantitative estimate of drug-likeness (QED) is 0.607. The fourth-order valence-corrected chi connectivity index (χ4v) is 1.23. The molecule has 0 aromatic heterocycles. The minimum atomic E-state index is -0.473. The molecular weight excluding hydrogens is 177 g/mol. The average molecular weight is 184 g/mol. The summed E-state index contributed by atoms with van der Waals surface area (Å²) < 4.78 is 13.2. The fraction of sp³-hybridized carbons (Fsp3) is 0.222. The maximum atomic E-state index is 13.2. The number of benzene rings is 1. The zero-order valence-corrected chi connectivity index (χ0v) is 7.54. The van der Waals surface area contributed by atoms with Crippen LogP contribution in [0.4, 0.5) is 4.39 Å². The number of nitriles is 1. The van der Waals surface area contributed by atoms with E-state index in [2.05, 4.69) is 0 Å². The number of rotatable bonds is 0. The largest absolute Gasteiger partial charge is 0.205 e. The zero-order valence-electron chi connectivity index (χ0n) is 6.78. The second kappa shape index (κ2) is 3.12. The molecule has 3 heteroatoms. The molecule has 1 aromatic carbocycles. The van der Waals surface area contributed by atoms with Gasteiger partial charge in [0.1, 0.15) is 11.9 Å². The van der Waals surface area contributed by atoms with Crippen molar-refractivity contribution in [3.05, 3.63) is 33.6 Å². The third-order valence-corrected chi connectivity index (χ3v) is 2.15. The number of hydrogen-bond donors (Lipinski definition) is 0. The van der Waals surface area contributed by atoms with Crippen LogP contribution in [0.1, 0.15) is 16.7 Å². The Morgan fingerprint density at radius 1 is 1.50 bits per heavy atom. The van der Waals surface area contributed by atoms with Gasteiger partial charge < -0.3 is 0 Å². The van der Waals surface area contributed by atoms with Gasteiger partial charge in [-0.05, 0) is 31.0 Å². The van der Waals surface area contributed by atoms with Gasteiger partial charge in [-0.25, -0.2) is 4.39 Å². The number of nitrogens with zero attached hydrogens (tertiary/aromatic N) is 1. The van der Waals surface area contributed by atoms with Crippen molar-refractivity contribution in [1.82, 2.24) is 0 Å². The van der Waals surface area contributed by atoms with Gasteiger partial charge in [-0.15, -0.1) is 0 Å². The maximum absolute atomic E-state index is 13.2. The first-order valence-electron chi connectivity index (χ1n) is 3.43. The normalized spacial score (nSPS) is 9.58. The van der Waals surface area contributed by atoms with Crippen LogP contribution in [0.15, 0.2) is 6.07 Å². The molecule has 0 unspecified atom stereocenters. The minimum Gasteiger partial charge on any atom is -0.205 e. The topological polar surface area (TPSA) is 23.8 Å². The Morgan fingerprint density at radius 2 is 2.08 bits per heavy atom. The second-order valence-corrected chi connectivity index (χ2v) is 3.01. The van der Waals surface area contributed by atoms with E-state index in [9.17, 15) is 4.39 Å². The molecule has 0 bridgehead atoms. The number of halogens is 2. The summed E-state index contributed by atoms with van der Waals surface area (Å²) >= 11 is 5.75. The van der Waals surface area contributed by atoms with E-state index in [4.69, 9.17) is 16.9 Å². The molecule has 0 amide bonds. The summed E-state index contributed by atoms with van der Waals surface area (Å²) in [6.45, 7) is 3.21. The summed E-state index contributed by atoms with van der Waals surface area (Å²) in [6, 6.07) is 3.31. The Kier molecular flexibility index (Phi) is 2.35. The van der Waals surface area contributed by atoms with E-state index in [0.717, 1.165) is 0 Å². The van der Waals surface area contributed by atoms with E-state index in [1.165, 1.54) is 6.07 Å². The molecule has 0 heterocycles. The molecule has 0 aliphatic carbocycles. The van der Waals surface area contributed by atoms with E-state index in [0.29, 0.717) is 16.1 Å². The molecule has 0 aliphatic rings. The van der Waals surface area contributed by atoms with Crippen molar-refractivity contribution in [2.75, 3.05) is 0 Å². The highest BCUT2D eigenvalue weighted by atomic mass is 35.5. The van der Waals surface area contributed by atoms with Gasteiger partial charge in [0, 0.05) is 5.02 Å². The number of hydrogen-bond acceptors (Lipinski definition) is 1. The van der Waals surface area contributed by atoms with Gasteiger partial charge in [0.25, 0.3) is 0 Å². The van der Waals surface area contributed by atoms with Crippen molar-refractivity contribution in [2.45, 2.75) is 13.8 Å². The summed E-state index contributed by atoms with van der Waals surface area (Å²) in [5, 5.41) is 9.04. The van der Waals surface area contributed by atoms with Crippen molar-refractivity contribution < 1.29 is 4.39 Å². The Hall–Kier alpha value is -1.07. The van der Waals surface area contributed by atoms with Crippen LogP contribution < -0.4 is 0 Å². The summed E-state index contributed by atoms with van der Waals surface area (Å²) in [4.78, 5) is 0. The average Bonchev–Trinajstić information content (AvgIpc) is 2.02. The van der Waals surface area contributed by atoms with E-state index in [1.807, 2.05) is 0 Å². The van der Waals surface area contributed by atoms with Crippen molar-refractivity contribution in [1.29, 1.82) is 5.26 Å². The lowest BCUT2D eigenvalue weighted by Crippen LogP contribution is -1.93. The van der Waals surface area contributed by atoms with Crippen molar-refractivity contribution >= 4 is 11.6 Å². The Bertz CT molecular complexity index is 340. The first-order valence-corrected chi connectivity index (χ1v) is 3.81. The maximum Gasteiger partial charge on any atom is 0.144 e. The van der Waals surface area contributed by atoms with Crippen LogP contribution >= 0.6 is 11.6 Å². The highest BCUT2D eigenvalue weighted by Gasteiger charge is 2.11. The van der Waals surface area contributed by atoms with Crippen LogP contribution in [0.25, 0.3) is 0 Å². The predicted molar refractivity (Wildman–Crippen MR) is 45.6 cm³/mol. The van der Waals surface area contributed by atoms with Gasteiger partial charge in [0.05, 0.1) is 5.56 Å². The van der Waals surface area contributed by atoms with E-state index >= 15 is 0 Å². The van der Waals surface area contributed by atoms with E-state index in [-0.39, 0.29) is 5.56 Å². The fourth-order valence-electron chi connectivity index (χ4n) is 0.976.